The highest BCUT2D eigenvalue weighted by Gasteiger charge is 2.07. The smallest absolute Gasteiger partial charge is 0.194 e. The Morgan fingerprint density at radius 2 is 1.71 bits per heavy atom. The predicted molar refractivity (Wildman–Crippen MR) is 86.4 cm³/mol. The van der Waals surface area contributed by atoms with Crippen LogP contribution < -0.4 is 4.80 Å². The van der Waals surface area contributed by atoms with Crippen LogP contribution in [0.2, 0.25) is 0 Å². The molecule has 0 unspecified atom stereocenters. The summed E-state index contributed by atoms with van der Waals surface area (Å²) in [6.45, 7) is 4.15. The zero-order valence-corrected chi connectivity index (χ0v) is 12.8. The van der Waals surface area contributed by atoms with Gasteiger partial charge in [0.1, 0.15) is 11.4 Å². The molecule has 0 bridgehead atoms. The summed E-state index contributed by atoms with van der Waals surface area (Å²) in [5.41, 5.74) is 4.02. The van der Waals surface area contributed by atoms with Gasteiger partial charge in [-0.05, 0) is 37.6 Å². The normalized spacial score (nSPS) is 11.8. The maximum atomic E-state index is 9.90. The minimum absolute atomic E-state index is 0.194. The summed E-state index contributed by atoms with van der Waals surface area (Å²) in [4.78, 5) is 5.46. The van der Waals surface area contributed by atoms with Crippen molar-refractivity contribution in [3.8, 4) is 11.4 Å². The average molecular weight is 296 g/mol. The number of para-hydroxylation sites is 3. The van der Waals surface area contributed by atoms with E-state index in [1.807, 2.05) is 24.3 Å². The summed E-state index contributed by atoms with van der Waals surface area (Å²) in [5, 5.41) is 12.0. The number of hydrogen-bond donors (Lipinski definition) is 1. The molecule has 0 saturated carbocycles. The van der Waals surface area contributed by atoms with Crippen molar-refractivity contribution in [2.75, 3.05) is 0 Å². The van der Waals surface area contributed by atoms with E-state index in [1.165, 1.54) is 5.56 Å². The summed E-state index contributed by atoms with van der Waals surface area (Å²) in [7, 11) is 0. The molecule has 0 radical (unpaired) electrons. The van der Waals surface area contributed by atoms with Crippen molar-refractivity contribution >= 4 is 17.0 Å². The van der Waals surface area contributed by atoms with Gasteiger partial charge in [-0.1, -0.05) is 30.3 Å². The van der Waals surface area contributed by atoms with Crippen molar-refractivity contribution in [2.24, 2.45) is 4.99 Å². The number of hydrogen-bond acceptors (Lipinski definition) is 3. The Morgan fingerprint density at radius 3 is 2.48 bits per heavy atom. The van der Waals surface area contributed by atoms with Crippen LogP contribution in [0.25, 0.3) is 5.69 Å². The molecule has 3 aromatic rings. The van der Waals surface area contributed by atoms with Gasteiger partial charge in [0.15, 0.2) is 4.80 Å². The number of phenolic OH excluding ortho intramolecular Hbond substituents is 1. The van der Waals surface area contributed by atoms with Crippen LogP contribution in [0.1, 0.15) is 11.3 Å². The van der Waals surface area contributed by atoms with E-state index in [1.54, 1.807) is 23.5 Å². The Bertz CT molecular complexity index is 846. The Labute approximate surface area is 127 Å². The number of aromatic nitrogens is 1. The molecule has 3 nitrogen and oxygen atoms in total. The maximum Gasteiger partial charge on any atom is 0.194 e. The Hall–Kier alpha value is -2.33. The minimum atomic E-state index is 0.194. The highest BCUT2D eigenvalue weighted by atomic mass is 32.1. The molecule has 2 aromatic carbocycles. The van der Waals surface area contributed by atoms with E-state index in [0.717, 1.165) is 16.2 Å². The van der Waals surface area contributed by atoms with Crippen LogP contribution in [0.4, 0.5) is 5.69 Å². The first-order valence-electron chi connectivity index (χ1n) is 6.72. The third-order valence-electron chi connectivity index (χ3n) is 3.33. The molecule has 3 rings (SSSR count). The predicted octanol–water partition coefficient (Wildman–Crippen LogP) is 4.09. The number of phenols is 1. The lowest BCUT2D eigenvalue weighted by molar-refractivity contribution is 0.476. The van der Waals surface area contributed by atoms with Gasteiger partial charge in [-0.25, -0.2) is 4.99 Å². The van der Waals surface area contributed by atoms with Crippen molar-refractivity contribution in [1.29, 1.82) is 0 Å². The number of aryl methyl sites for hydroxylation is 2. The third-order valence-corrected chi connectivity index (χ3v) is 4.28. The molecule has 0 spiro atoms. The number of benzene rings is 2. The van der Waals surface area contributed by atoms with Gasteiger partial charge in [0.05, 0.1) is 5.69 Å². The molecule has 0 aliphatic heterocycles. The van der Waals surface area contributed by atoms with E-state index in [9.17, 15) is 5.11 Å². The molecule has 0 saturated heterocycles. The SMILES string of the molecule is Cc1ccccc1-n1c(C)csc1=Nc1ccccc1O. The third kappa shape index (κ3) is 2.62. The van der Waals surface area contributed by atoms with E-state index >= 15 is 0 Å². The van der Waals surface area contributed by atoms with Crippen LogP contribution >= 0.6 is 11.3 Å². The topological polar surface area (TPSA) is 37.5 Å². The molecule has 4 heteroatoms. The lowest BCUT2D eigenvalue weighted by Gasteiger charge is -2.09. The molecule has 1 aromatic heterocycles. The van der Waals surface area contributed by atoms with Crippen LogP contribution in [0.5, 0.6) is 5.75 Å². The zero-order valence-electron chi connectivity index (χ0n) is 11.9. The van der Waals surface area contributed by atoms with E-state index in [4.69, 9.17) is 0 Å². The molecule has 0 aliphatic rings. The van der Waals surface area contributed by atoms with E-state index in [-0.39, 0.29) is 5.75 Å². The van der Waals surface area contributed by atoms with Crippen LogP contribution in [0, 0.1) is 13.8 Å². The standard InChI is InChI=1S/C17H16N2OS/c1-12-7-3-5-9-15(12)19-13(2)11-21-17(19)18-14-8-4-6-10-16(14)20/h3-11,20H,1-2H3. The van der Waals surface area contributed by atoms with Crippen molar-refractivity contribution in [3.63, 3.8) is 0 Å². The zero-order chi connectivity index (χ0) is 14.8. The van der Waals surface area contributed by atoms with Crippen LogP contribution in [-0.2, 0) is 0 Å². The monoisotopic (exact) mass is 296 g/mol. The van der Waals surface area contributed by atoms with Gasteiger partial charge in [0.25, 0.3) is 0 Å². The number of aromatic hydroxyl groups is 1. The minimum Gasteiger partial charge on any atom is -0.506 e. The highest BCUT2D eigenvalue weighted by molar-refractivity contribution is 7.07. The highest BCUT2D eigenvalue weighted by Crippen LogP contribution is 2.25. The molecule has 0 atom stereocenters. The fraction of sp³-hybridized carbons (Fsp3) is 0.118. The second-order valence-electron chi connectivity index (χ2n) is 4.88. The summed E-state index contributed by atoms with van der Waals surface area (Å²) in [6, 6.07) is 15.4. The lowest BCUT2D eigenvalue weighted by Crippen LogP contribution is -2.14. The molecular formula is C17H16N2OS. The molecule has 21 heavy (non-hydrogen) atoms. The number of rotatable bonds is 2. The molecule has 0 aliphatic carbocycles. The Balaban J connectivity index is 2.23. The second-order valence-corrected chi connectivity index (χ2v) is 5.72. The molecule has 1 heterocycles. The first-order chi connectivity index (χ1) is 10.2. The number of thiazole rings is 1. The van der Waals surface area contributed by atoms with E-state index in [0.29, 0.717) is 5.69 Å². The first-order valence-corrected chi connectivity index (χ1v) is 7.60. The second kappa shape index (κ2) is 5.58. The van der Waals surface area contributed by atoms with Crippen LogP contribution in [-0.4, -0.2) is 9.67 Å². The van der Waals surface area contributed by atoms with Crippen molar-refractivity contribution in [2.45, 2.75) is 13.8 Å². The number of nitrogens with zero attached hydrogens (tertiary/aromatic N) is 2. The van der Waals surface area contributed by atoms with Gasteiger partial charge in [0, 0.05) is 11.1 Å². The van der Waals surface area contributed by atoms with E-state index in [2.05, 4.69) is 40.9 Å². The fourth-order valence-electron chi connectivity index (χ4n) is 2.24. The van der Waals surface area contributed by atoms with Crippen molar-refractivity contribution < 1.29 is 5.11 Å². The molecule has 106 valence electrons. The van der Waals surface area contributed by atoms with Gasteiger partial charge in [0.2, 0.25) is 0 Å². The first kappa shape index (κ1) is 13.6. The van der Waals surface area contributed by atoms with Crippen LogP contribution in [0.15, 0.2) is 58.9 Å². The summed E-state index contributed by atoms with van der Waals surface area (Å²) in [6.07, 6.45) is 0. The quantitative estimate of drug-likeness (QED) is 0.759. The van der Waals surface area contributed by atoms with Crippen LogP contribution in [0.3, 0.4) is 0 Å². The van der Waals surface area contributed by atoms with Crippen molar-refractivity contribution in [3.05, 3.63) is 70.0 Å². The molecule has 1 N–H and O–H groups in total. The Morgan fingerprint density at radius 1 is 1.00 bits per heavy atom. The van der Waals surface area contributed by atoms with Gasteiger partial charge >= 0.3 is 0 Å². The molecular weight excluding hydrogens is 280 g/mol. The van der Waals surface area contributed by atoms with Gasteiger partial charge in [-0.15, -0.1) is 11.3 Å². The van der Waals surface area contributed by atoms with E-state index < -0.39 is 0 Å². The summed E-state index contributed by atoms with van der Waals surface area (Å²) >= 11 is 1.57. The average Bonchev–Trinajstić information content (AvgIpc) is 2.83. The molecule has 0 fully saturated rings. The summed E-state index contributed by atoms with van der Waals surface area (Å²) < 4.78 is 2.12. The van der Waals surface area contributed by atoms with Crippen molar-refractivity contribution in [1.82, 2.24) is 4.57 Å². The molecule has 0 amide bonds. The lowest BCUT2D eigenvalue weighted by atomic mass is 10.2. The summed E-state index contributed by atoms with van der Waals surface area (Å²) in [5.74, 6) is 0.194. The van der Waals surface area contributed by atoms with Gasteiger partial charge < -0.3 is 5.11 Å². The largest absolute Gasteiger partial charge is 0.506 e. The fourth-order valence-corrected chi connectivity index (χ4v) is 3.12. The van der Waals surface area contributed by atoms with Gasteiger partial charge in [-0.2, -0.15) is 0 Å². The Kier molecular flexibility index (Phi) is 3.62. The maximum absolute atomic E-state index is 9.90. The van der Waals surface area contributed by atoms with Gasteiger partial charge in [-0.3, -0.25) is 4.57 Å².